The molecule has 94 valence electrons. The number of carboxylic acids is 1. The summed E-state index contributed by atoms with van der Waals surface area (Å²) in [6.45, 7) is 1.49. The molecule has 1 aromatic carbocycles. The minimum absolute atomic E-state index is 0.0680. The fourth-order valence-electron chi connectivity index (χ4n) is 1.53. The molecule has 5 nitrogen and oxygen atoms in total. The van der Waals surface area contributed by atoms with E-state index >= 15 is 0 Å². The maximum atomic E-state index is 13.1. The highest BCUT2D eigenvalue weighted by Gasteiger charge is 2.18. The number of carbonyl (C=O) groups is 1. The van der Waals surface area contributed by atoms with Crippen molar-refractivity contribution in [3.63, 3.8) is 0 Å². The fraction of sp³-hybridized carbons (Fsp3) is 0.0909. The SMILES string of the molecule is Cc1c(C(=O)O)nn(-c2ccc(F)c(F)c2)c1N. The van der Waals surface area contributed by atoms with Gasteiger partial charge in [0.1, 0.15) is 5.82 Å². The molecule has 0 saturated heterocycles. The van der Waals surface area contributed by atoms with Gasteiger partial charge in [-0.25, -0.2) is 18.3 Å². The van der Waals surface area contributed by atoms with E-state index in [-0.39, 0.29) is 22.8 Å². The van der Waals surface area contributed by atoms with Gasteiger partial charge < -0.3 is 10.8 Å². The summed E-state index contributed by atoms with van der Waals surface area (Å²) in [5, 5.41) is 12.6. The van der Waals surface area contributed by atoms with Crippen molar-refractivity contribution in [1.29, 1.82) is 0 Å². The van der Waals surface area contributed by atoms with Gasteiger partial charge in [-0.15, -0.1) is 0 Å². The molecule has 0 radical (unpaired) electrons. The number of hydrogen-bond acceptors (Lipinski definition) is 3. The quantitative estimate of drug-likeness (QED) is 0.854. The summed E-state index contributed by atoms with van der Waals surface area (Å²) in [5.41, 5.74) is 5.88. The first kappa shape index (κ1) is 12.0. The Bertz CT molecular complexity index is 637. The molecule has 2 aromatic rings. The summed E-state index contributed by atoms with van der Waals surface area (Å²) in [7, 11) is 0. The first-order chi connectivity index (χ1) is 8.41. The van der Waals surface area contributed by atoms with Crippen LogP contribution in [0.1, 0.15) is 16.1 Å². The molecule has 1 aromatic heterocycles. The van der Waals surface area contributed by atoms with E-state index in [2.05, 4.69) is 5.10 Å². The molecule has 0 atom stereocenters. The van der Waals surface area contributed by atoms with E-state index in [0.29, 0.717) is 0 Å². The van der Waals surface area contributed by atoms with Crippen LogP contribution in [-0.2, 0) is 0 Å². The average Bonchev–Trinajstić information content (AvgIpc) is 2.60. The van der Waals surface area contributed by atoms with Crippen molar-refractivity contribution in [2.24, 2.45) is 0 Å². The van der Waals surface area contributed by atoms with Crippen molar-refractivity contribution in [3.05, 3.63) is 41.1 Å². The number of aromatic nitrogens is 2. The fourth-order valence-corrected chi connectivity index (χ4v) is 1.53. The zero-order valence-electron chi connectivity index (χ0n) is 9.32. The Balaban J connectivity index is 2.61. The van der Waals surface area contributed by atoms with Crippen molar-refractivity contribution < 1.29 is 18.7 Å². The lowest BCUT2D eigenvalue weighted by Crippen LogP contribution is -2.04. The summed E-state index contributed by atoms with van der Waals surface area (Å²) in [6.07, 6.45) is 0. The van der Waals surface area contributed by atoms with E-state index in [1.165, 1.54) is 13.0 Å². The summed E-state index contributed by atoms with van der Waals surface area (Å²) < 4.78 is 26.9. The van der Waals surface area contributed by atoms with Crippen LogP contribution in [0.25, 0.3) is 5.69 Å². The molecule has 3 N–H and O–H groups in total. The van der Waals surface area contributed by atoms with Crippen LogP contribution in [0.5, 0.6) is 0 Å². The zero-order chi connectivity index (χ0) is 13.4. The summed E-state index contributed by atoms with van der Waals surface area (Å²) >= 11 is 0. The lowest BCUT2D eigenvalue weighted by Gasteiger charge is -2.04. The van der Waals surface area contributed by atoms with E-state index in [9.17, 15) is 13.6 Å². The van der Waals surface area contributed by atoms with Gasteiger partial charge in [-0.05, 0) is 19.1 Å². The molecule has 2 rings (SSSR count). The standard InChI is InChI=1S/C11H9F2N3O2/c1-5-9(11(17)18)15-16(10(5)14)6-2-3-7(12)8(13)4-6/h2-4H,14H2,1H3,(H,17,18). The van der Waals surface area contributed by atoms with Crippen molar-refractivity contribution in [3.8, 4) is 5.69 Å². The Morgan fingerprint density at radius 2 is 2.06 bits per heavy atom. The van der Waals surface area contributed by atoms with E-state index in [4.69, 9.17) is 10.8 Å². The number of nitrogens with two attached hydrogens (primary N) is 1. The van der Waals surface area contributed by atoms with Crippen LogP contribution in [0.15, 0.2) is 18.2 Å². The number of aromatic carboxylic acids is 1. The molecule has 0 aliphatic carbocycles. The smallest absolute Gasteiger partial charge is 0.356 e. The first-order valence-corrected chi connectivity index (χ1v) is 4.95. The minimum atomic E-state index is -1.24. The van der Waals surface area contributed by atoms with Crippen LogP contribution >= 0.6 is 0 Å². The molecule has 0 bridgehead atoms. The number of rotatable bonds is 2. The number of anilines is 1. The van der Waals surface area contributed by atoms with E-state index in [1.807, 2.05) is 0 Å². The lowest BCUT2D eigenvalue weighted by atomic mass is 10.2. The monoisotopic (exact) mass is 253 g/mol. The van der Waals surface area contributed by atoms with Crippen LogP contribution in [0.3, 0.4) is 0 Å². The van der Waals surface area contributed by atoms with Gasteiger partial charge in [0.25, 0.3) is 0 Å². The third-order valence-electron chi connectivity index (χ3n) is 2.52. The Kier molecular flexibility index (Phi) is 2.74. The molecule has 0 fully saturated rings. The Hall–Kier alpha value is -2.44. The van der Waals surface area contributed by atoms with Gasteiger partial charge in [-0.1, -0.05) is 0 Å². The van der Waals surface area contributed by atoms with Crippen LogP contribution < -0.4 is 5.73 Å². The Morgan fingerprint density at radius 3 is 2.56 bits per heavy atom. The molecule has 0 spiro atoms. The predicted octanol–water partition coefficient (Wildman–Crippen LogP) is 1.74. The highest BCUT2D eigenvalue weighted by molar-refractivity contribution is 5.88. The summed E-state index contributed by atoms with van der Waals surface area (Å²) in [5.74, 6) is -3.23. The number of nitrogens with zero attached hydrogens (tertiary/aromatic N) is 2. The van der Waals surface area contributed by atoms with Gasteiger partial charge in [0.15, 0.2) is 17.3 Å². The molecule has 0 aliphatic heterocycles. The molecule has 0 unspecified atom stereocenters. The Labute approximate surface area is 100 Å². The topological polar surface area (TPSA) is 81.1 Å². The minimum Gasteiger partial charge on any atom is -0.476 e. The average molecular weight is 253 g/mol. The number of nitrogen functional groups attached to an aromatic ring is 1. The number of halogens is 2. The molecule has 18 heavy (non-hydrogen) atoms. The highest BCUT2D eigenvalue weighted by atomic mass is 19.2. The zero-order valence-corrected chi connectivity index (χ0v) is 9.32. The van der Waals surface area contributed by atoms with Crippen molar-refractivity contribution in [2.45, 2.75) is 6.92 Å². The second kappa shape index (κ2) is 4.10. The maximum Gasteiger partial charge on any atom is 0.356 e. The van der Waals surface area contributed by atoms with Crippen molar-refractivity contribution >= 4 is 11.8 Å². The number of benzene rings is 1. The van der Waals surface area contributed by atoms with Gasteiger partial charge in [-0.2, -0.15) is 5.10 Å². The molecule has 0 amide bonds. The third-order valence-corrected chi connectivity index (χ3v) is 2.52. The normalized spacial score (nSPS) is 10.6. The number of hydrogen-bond donors (Lipinski definition) is 2. The second-order valence-electron chi connectivity index (χ2n) is 3.67. The largest absolute Gasteiger partial charge is 0.476 e. The first-order valence-electron chi connectivity index (χ1n) is 4.95. The molecule has 0 saturated carbocycles. The maximum absolute atomic E-state index is 13.1. The summed E-state index contributed by atoms with van der Waals surface area (Å²) in [4.78, 5) is 10.9. The second-order valence-corrected chi connectivity index (χ2v) is 3.67. The van der Waals surface area contributed by atoms with Crippen LogP contribution in [0.4, 0.5) is 14.6 Å². The summed E-state index contributed by atoms with van der Waals surface area (Å²) in [6, 6.07) is 3.07. The van der Waals surface area contributed by atoms with Gasteiger partial charge in [-0.3, -0.25) is 0 Å². The van der Waals surface area contributed by atoms with Crippen molar-refractivity contribution in [2.75, 3.05) is 5.73 Å². The van der Waals surface area contributed by atoms with Crippen LogP contribution in [0, 0.1) is 18.6 Å². The number of carboxylic acid groups (broad SMARTS) is 1. The third kappa shape index (κ3) is 1.79. The van der Waals surface area contributed by atoms with Gasteiger partial charge in [0.2, 0.25) is 0 Å². The van der Waals surface area contributed by atoms with Gasteiger partial charge in [0, 0.05) is 11.6 Å². The van der Waals surface area contributed by atoms with Gasteiger partial charge in [0.05, 0.1) is 5.69 Å². The van der Waals surface area contributed by atoms with Crippen LogP contribution in [-0.4, -0.2) is 20.9 Å². The predicted molar refractivity (Wildman–Crippen MR) is 59.6 cm³/mol. The Morgan fingerprint density at radius 1 is 1.39 bits per heavy atom. The van der Waals surface area contributed by atoms with Crippen LogP contribution in [0.2, 0.25) is 0 Å². The molecule has 7 heteroatoms. The van der Waals surface area contributed by atoms with E-state index in [0.717, 1.165) is 16.8 Å². The van der Waals surface area contributed by atoms with E-state index in [1.54, 1.807) is 0 Å². The highest BCUT2D eigenvalue weighted by Crippen LogP contribution is 2.21. The molecular weight excluding hydrogens is 244 g/mol. The van der Waals surface area contributed by atoms with E-state index < -0.39 is 17.6 Å². The molecular formula is C11H9F2N3O2. The molecule has 0 aliphatic rings. The molecule has 1 heterocycles. The van der Waals surface area contributed by atoms with Crippen molar-refractivity contribution in [1.82, 2.24) is 9.78 Å². The lowest BCUT2D eigenvalue weighted by molar-refractivity contribution is 0.0689. The van der Waals surface area contributed by atoms with Gasteiger partial charge >= 0.3 is 5.97 Å².